The summed E-state index contributed by atoms with van der Waals surface area (Å²) in [7, 11) is 4.99. The molecule has 1 aromatic rings. The van der Waals surface area contributed by atoms with E-state index in [1.54, 1.807) is 21.3 Å². The van der Waals surface area contributed by atoms with Crippen LogP contribution in [-0.2, 0) is 6.54 Å². The Morgan fingerprint density at radius 1 is 0.800 bits per heavy atom. The minimum atomic E-state index is 0.678. The monoisotopic (exact) mass is 350 g/mol. The van der Waals surface area contributed by atoms with Crippen molar-refractivity contribution in [3.8, 4) is 17.2 Å². The fraction of sp³-hybridized carbons (Fsp3) is 0.700. The third-order valence-electron chi connectivity index (χ3n) is 4.97. The number of rotatable bonds is 10. The predicted octanol–water partition coefficient (Wildman–Crippen LogP) is 3.41. The molecule has 1 saturated heterocycles. The second kappa shape index (κ2) is 10.5. The van der Waals surface area contributed by atoms with Crippen LogP contribution in [0.25, 0.3) is 0 Å². The van der Waals surface area contributed by atoms with Gasteiger partial charge in [0, 0.05) is 38.3 Å². The lowest BCUT2D eigenvalue weighted by Crippen LogP contribution is -2.46. The Morgan fingerprint density at radius 3 is 2.08 bits per heavy atom. The Kier molecular flexibility index (Phi) is 8.35. The van der Waals surface area contributed by atoms with Gasteiger partial charge in [0.1, 0.15) is 0 Å². The van der Waals surface area contributed by atoms with Gasteiger partial charge in [0.2, 0.25) is 5.75 Å². The number of piperazine rings is 1. The number of hydrogen-bond donors (Lipinski definition) is 0. The van der Waals surface area contributed by atoms with Gasteiger partial charge in [-0.2, -0.15) is 0 Å². The molecular weight excluding hydrogens is 316 g/mol. The fourth-order valence-corrected chi connectivity index (χ4v) is 3.46. The van der Waals surface area contributed by atoms with Crippen molar-refractivity contribution in [2.24, 2.45) is 0 Å². The van der Waals surface area contributed by atoms with Gasteiger partial charge in [0.15, 0.2) is 11.5 Å². The van der Waals surface area contributed by atoms with Crippen molar-refractivity contribution in [3.63, 3.8) is 0 Å². The van der Waals surface area contributed by atoms with Crippen LogP contribution in [0.15, 0.2) is 12.1 Å². The third kappa shape index (κ3) is 5.51. The Balaban J connectivity index is 1.89. The Morgan fingerprint density at radius 2 is 1.48 bits per heavy atom. The summed E-state index contributed by atoms with van der Waals surface area (Å²) in [6.45, 7) is 8.90. The van der Waals surface area contributed by atoms with Crippen LogP contribution >= 0.6 is 0 Å². The van der Waals surface area contributed by atoms with Crippen molar-refractivity contribution < 1.29 is 14.2 Å². The number of nitrogens with zero attached hydrogens (tertiary/aromatic N) is 2. The van der Waals surface area contributed by atoms with Crippen LogP contribution in [0.5, 0.6) is 17.2 Å². The molecule has 0 amide bonds. The van der Waals surface area contributed by atoms with Crippen LogP contribution < -0.4 is 14.2 Å². The first-order valence-electron chi connectivity index (χ1n) is 9.46. The molecule has 2 rings (SSSR count). The molecule has 0 N–H and O–H groups in total. The number of benzene rings is 1. The molecule has 0 saturated carbocycles. The fourth-order valence-electron chi connectivity index (χ4n) is 3.46. The molecule has 0 spiro atoms. The molecule has 0 aromatic heterocycles. The van der Waals surface area contributed by atoms with Crippen LogP contribution in [-0.4, -0.2) is 63.9 Å². The van der Waals surface area contributed by atoms with Gasteiger partial charge < -0.3 is 19.1 Å². The van der Waals surface area contributed by atoms with Crippen LogP contribution in [0.2, 0.25) is 0 Å². The maximum Gasteiger partial charge on any atom is 0.203 e. The topological polar surface area (TPSA) is 34.2 Å². The van der Waals surface area contributed by atoms with Gasteiger partial charge in [0.25, 0.3) is 0 Å². The number of unbranched alkanes of at least 4 members (excludes halogenated alkanes) is 3. The zero-order chi connectivity index (χ0) is 18.1. The van der Waals surface area contributed by atoms with E-state index >= 15 is 0 Å². The zero-order valence-corrected chi connectivity index (χ0v) is 16.3. The molecule has 0 aliphatic carbocycles. The van der Waals surface area contributed by atoms with Gasteiger partial charge in [-0.3, -0.25) is 4.90 Å². The number of methoxy groups -OCH3 is 3. The van der Waals surface area contributed by atoms with Crippen LogP contribution in [0.4, 0.5) is 0 Å². The average molecular weight is 351 g/mol. The van der Waals surface area contributed by atoms with Crippen LogP contribution in [0.3, 0.4) is 0 Å². The first-order valence-corrected chi connectivity index (χ1v) is 9.46. The van der Waals surface area contributed by atoms with E-state index in [1.165, 1.54) is 32.2 Å². The lowest BCUT2D eigenvalue weighted by atomic mass is 10.1. The molecule has 5 nitrogen and oxygen atoms in total. The molecule has 0 unspecified atom stereocenters. The average Bonchev–Trinajstić information content (AvgIpc) is 2.66. The Hall–Kier alpha value is -1.46. The Bertz CT molecular complexity index is 514. The van der Waals surface area contributed by atoms with Crippen molar-refractivity contribution in [1.29, 1.82) is 0 Å². The summed E-state index contributed by atoms with van der Waals surface area (Å²) >= 11 is 0. The second-order valence-electron chi connectivity index (χ2n) is 6.67. The molecular formula is C20H34N2O3. The molecule has 1 aliphatic heterocycles. The number of hydrogen-bond acceptors (Lipinski definition) is 5. The highest BCUT2D eigenvalue weighted by atomic mass is 16.5. The predicted molar refractivity (Wildman–Crippen MR) is 102 cm³/mol. The molecule has 5 heteroatoms. The first-order chi connectivity index (χ1) is 12.2. The Labute approximate surface area is 152 Å². The van der Waals surface area contributed by atoms with Gasteiger partial charge in [-0.1, -0.05) is 32.3 Å². The lowest BCUT2D eigenvalue weighted by Gasteiger charge is -2.35. The first kappa shape index (κ1) is 19.9. The second-order valence-corrected chi connectivity index (χ2v) is 6.67. The molecule has 1 heterocycles. The summed E-state index contributed by atoms with van der Waals surface area (Å²) in [4.78, 5) is 5.09. The van der Waals surface area contributed by atoms with Crippen molar-refractivity contribution >= 4 is 0 Å². The summed E-state index contributed by atoms with van der Waals surface area (Å²) in [6, 6.07) is 4.04. The van der Waals surface area contributed by atoms with Crippen molar-refractivity contribution in [2.75, 3.05) is 54.1 Å². The van der Waals surface area contributed by atoms with Gasteiger partial charge >= 0.3 is 0 Å². The largest absolute Gasteiger partial charge is 0.493 e. The van der Waals surface area contributed by atoms with Gasteiger partial charge in [-0.15, -0.1) is 0 Å². The van der Waals surface area contributed by atoms with E-state index in [2.05, 4.69) is 22.8 Å². The van der Waals surface area contributed by atoms with Gasteiger partial charge in [-0.25, -0.2) is 0 Å². The van der Waals surface area contributed by atoms with Crippen LogP contribution in [0, 0.1) is 0 Å². The highest BCUT2D eigenvalue weighted by molar-refractivity contribution is 5.55. The van der Waals surface area contributed by atoms with E-state index in [0.717, 1.165) is 44.0 Å². The molecule has 0 bridgehead atoms. The maximum absolute atomic E-state index is 5.61. The van der Waals surface area contributed by atoms with Crippen molar-refractivity contribution in [1.82, 2.24) is 9.80 Å². The van der Waals surface area contributed by atoms with E-state index in [4.69, 9.17) is 14.2 Å². The van der Waals surface area contributed by atoms with Crippen molar-refractivity contribution in [3.05, 3.63) is 17.7 Å². The number of ether oxygens (including phenoxy) is 3. The molecule has 1 aliphatic rings. The molecule has 1 fully saturated rings. The zero-order valence-electron chi connectivity index (χ0n) is 16.3. The molecule has 1 aromatic carbocycles. The summed E-state index contributed by atoms with van der Waals surface area (Å²) in [6.07, 6.45) is 5.36. The lowest BCUT2D eigenvalue weighted by molar-refractivity contribution is 0.124. The molecule has 0 atom stereocenters. The SMILES string of the molecule is CCCCCCN1CCN(Cc2ccc(OC)c(OC)c2OC)CC1. The quantitative estimate of drug-likeness (QED) is 0.604. The van der Waals surface area contributed by atoms with Gasteiger partial charge in [0.05, 0.1) is 21.3 Å². The molecule has 0 radical (unpaired) electrons. The van der Waals surface area contributed by atoms with E-state index in [1.807, 2.05) is 6.07 Å². The molecule has 142 valence electrons. The molecule has 25 heavy (non-hydrogen) atoms. The van der Waals surface area contributed by atoms with Crippen molar-refractivity contribution in [2.45, 2.75) is 39.2 Å². The minimum Gasteiger partial charge on any atom is -0.493 e. The smallest absolute Gasteiger partial charge is 0.203 e. The van der Waals surface area contributed by atoms with E-state index in [9.17, 15) is 0 Å². The van der Waals surface area contributed by atoms with E-state index in [0.29, 0.717) is 11.5 Å². The van der Waals surface area contributed by atoms with Crippen LogP contribution in [0.1, 0.15) is 38.2 Å². The summed E-state index contributed by atoms with van der Waals surface area (Å²) < 4.78 is 16.5. The summed E-state index contributed by atoms with van der Waals surface area (Å²) in [5.41, 5.74) is 1.15. The van der Waals surface area contributed by atoms with E-state index < -0.39 is 0 Å². The highest BCUT2D eigenvalue weighted by Gasteiger charge is 2.21. The minimum absolute atomic E-state index is 0.678. The summed E-state index contributed by atoms with van der Waals surface area (Å²) in [5, 5.41) is 0. The maximum atomic E-state index is 5.61. The van der Waals surface area contributed by atoms with E-state index in [-0.39, 0.29) is 0 Å². The normalized spacial score (nSPS) is 16.0. The van der Waals surface area contributed by atoms with Gasteiger partial charge in [-0.05, 0) is 19.0 Å². The highest BCUT2D eigenvalue weighted by Crippen LogP contribution is 2.40. The summed E-state index contributed by atoms with van der Waals surface area (Å²) in [5.74, 6) is 2.17. The third-order valence-corrected chi connectivity index (χ3v) is 4.97. The standard InChI is InChI=1S/C20H34N2O3/c1-5-6-7-8-11-21-12-14-22(15-13-21)16-17-9-10-18(23-2)20(25-4)19(17)24-3/h9-10H,5-8,11-16H2,1-4H3.